The fraction of sp³-hybridized carbons (Fsp3) is 0.571. The monoisotopic (exact) mass is 685 g/mol. The highest BCUT2D eigenvalue weighted by molar-refractivity contribution is 7.81. The molecule has 1 aliphatic carbocycles. The number of pyridine rings is 1. The summed E-state index contributed by atoms with van der Waals surface area (Å²) in [6.45, 7) is 11.7. The molecule has 1 saturated carbocycles. The number of anilines is 2. The van der Waals surface area contributed by atoms with Crippen LogP contribution in [0.3, 0.4) is 0 Å². The molecule has 5 rings (SSSR count). The van der Waals surface area contributed by atoms with Gasteiger partial charge in [-0.15, -0.1) is 0 Å². The first-order valence-electron chi connectivity index (χ1n) is 16.5. The zero-order valence-electron chi connectivity index (χ0n) is 28.0. The molecule has 2 saturated heterocycles. The summed E-state index contributed by atoms with van der Waals surface area (Å²) in [5.74, 6) is 0.614. The average Bonchev–Trinajstić information content (AvgIpc) is 3.26. The van der Waals surface area contributed by atoms with Crippen LogP contribution >= 0.6 is 12.2 Å². The van der Waals surface area contributed by atoms with Gasteiger partial charge in [0.05, 0.1) is 24.1 Å². The van der Waals surface area contributed by atoms with Crippen LogP contribution in [0.15, 0.2) is 30.5 Å². The van der Waals surface area contributed by atoms with E-state index in [-0.39, 0.29) is 22.8 Å². The van der Waals surface area contributed by atoms with Crippen molar-refractivity contribution >= 4 is 40.6 Å². The number of carbonyl (C=O) groups is 2. The number of nitriles is 1. The quantitative estimate of drug-likeness (QED) is 0.208. The van der Waals surface area contributed by atoms with Gasteiger partial charge >= 0.3 is 12.1 Å². The lowest BCUT2D eigenvalue weighted by Gasteiger charge is -2.43. The maximum absolute atomic E-state index is 13.9. The highest BCUT2D eigenvalue weighted by Crippen LogP contribution is 2.48. The Hall–Kier alpha value is -3.76. The first kappa shape index (κ1) is 35.5. The van der Waals surface area contributed by atoms with E-state index in [1.54, 1.807) is 4.90 Å². The van der Waals surface area contributed by atoms with Gasteiger partial charge < -0.3 is 14.4 Å². The number of aryl methyl sites for hydroxylation is 1. The summed E-state index contributed by atoms with van der Waals surface area (Å²) < 4.78 is 53.0. The number of benzene rings is 1. The van der Waals surface area contributed by atoms with Crippen LogP contribution in [0.25, 0.3) is 0 Å². The third-order valence-corrected chi connectivity index (χ3v) is 9.91. The van der Waals surface area contributed by atoms with E-state index in [0.717, 1.165) is 67.2 Å². The lowest BCUT2D eigenvalue weighted by molar-refractivity contribution is -0.161. The SMILES string of the molecule is CCc1cc(N2C(=S)N(c3cnc(C#N)c(C(F)(F)F)c3)C(=O)C23CCC3)ccc1OCCC1CCN(C(C)C(=O)OC(C)(C)C)CC1. The lowest BCUT2D eigenvalue weighted by atomic mass is 9.75. The fourth-order valence-electron chi connectivity index (χ4n) is 6.71. The predicted octanol–water partition coefficient (Wildman–Crippen LogP) is 6.81. The maximum Gasteiger partial charge on any atom is 0.419 e. The molecule has 1 spiro atoms. The summed E-state index contributed by atoms with van der Waals surface area (Å²) in [5.41, 5.74) is -2.00. The summed E-state index contributed by atoms with van der Waals surface area (Å²) in [6, 6.07) is 7.61. The first-order valence-corrected chi connectivity index (χ1v) is 16.9. The number of hydrogen-bond acceptors (Lipinski definition) is 8. The van der Waals surface area contributed by atoms with Crippen molar-refractivity contribution in [2.24, 2.45) is 5.92 Å². The smallest absolute Gasteiger partial charge is 0.419 e. The second-order valence-corrected chi connectivity index (χ2v) is 14.2. The van der Waals surface area contributed by atoms with Crippen LogP contribution in [-0.2, 0) is 26.9 Å². The van der Waals surface area contributed by atoms with E-state index in [0.29, 0.717) is 37.5 Å². The van der Waals surface area contributed by atoms with Gasteiger partial charge in [-0.3, -0.25) is 19.4 Å². The Labute approximate surface area is 285 Å². The number of hydrogen-bond donors (Lipinski definition) is 0. The first-order chi connectivity index (χ1) is 22.6. The van der Waals surface area contributed by atoms with E-state index in [4.69, 9.17) is 21.7 Å². The number of thiocarbonyl (C=S) groups is 1. The van der Waals surface area contributed by atoms with Gasteiger partial charge in [-0.05, 0) is 134 Å². The van der Waals surface area contributed by atoms with E-state index >= 15 is 0 Å². The molecule has 3 aliphatic rings. The Balaban J connectivity index is 1.25. The summed E-state index contributed by atoms with van der Waals surface area (Å²) in [5, 5.41) is 9.25. The van der Waals surface area contributed by atoms with Crippen molar-refractivity contribution in [2.45, 2.75) is 103 Å². The number of likely N-dealkylation sites (tertiary alicyclic amines) is 1. The largest absolute Gasteiger partial charge is 0.493 e. The van der Waals surface area contributed by atoms with Crippen molar-refractivity contribution in [3.05, 3.63) is 47.3 Å². The van der Waals surface area contributed by atoms with Crippen LogP contribution in [-0.4, -0.2) is 63.8 Å². The summed E-state index contributed by atoms with van der Waals surface area (Å²) >= 11 is 5.76. The second kappa shape index (κ2) is 13.6. The van der Waals surface area contributed by atoms with E-state index in [9.17, 15) is 28.0 Å². The van der Waals surface area contributed by atoms with Crippen molar-refractivity contribution in [3.8, 4) is 11.8 Å². The molecule has 2 aliphatic heterocycles. The summed E-state index contributed by atoms with van der Waals surface area (Å²) in [6.07, 6.45) is 1.52. The lowest BCUT2D eigenvalue weighted by Crippen LogP contribution is -2.55. The number of aromatic nitrogens is 1. The number of halogens is 3. The molecule has 1 atom stereocenters. The Kier molecular flexibility index (Phi) is 10.1. The Bertz CT molecular complexity index is 1610. The van der Waals surface area contributed by atoms with Gasteiger partial charge in [0, 0.05) is 5.69 Å². The minimum atomic E-state index is -4.82. The molecular formula is C35H42F3N5O4S. The molecule has 3 heterocycles. The minimum Gasteiger partial charge on any atom is -0.493 e. The third-order valence-electron chi connectivity index (χ3n) is 9.55. The number of alkyl halides is 3. The molecular weight excluding hydrogens is 643 g/mol. The van der Waals surface area contributed by atoms with Gasteiger partial charge in [-0.2, -0.15) is 18.4 Å². The van der Waals surface area contributed by atoms with E-state index in [1.165, 1.54) is 6.07 Å². The van der Waals surface area contributed by atoms with Crippen LogP contribution < -0.4 is 14.5 Å². The van der Waals surface area contributed by atoms with Crippen LogP contribution in [0, 0.1) is 17.2 Å². The number of esters is 1. The van der Waals surface area contributed by atoms with E-state index in [1.807, 2.05) is 52.8 Å². The van der Waals surface area contributed by atoms with Crippen LogP contribution in [0.4, 0.5) is 24.5 Å². The number of piperidine rings is 1. The molecule has 48 heavy (non-hydrogen) atoms. The molecule has 258 valence electrons. The summed E-state index contributed by atoms with van der Waals surface area (Å²) in [4.78, 5) is 35.1. The molecule has 1 amide bonds. The predicted molar refractivity (Wildman–Crippen MR) is 179 cm³/mol. The zero-order valence-corrected chi connectivity index (χ0v) is 28.8. The topological polar surface area (TPSA) is 99.0 Å². The highest BCUT2D eigenvalue weighted by atomic mass is 32.1. The average molecular weight is 686 g/mol. The maximum atomic E-state index is 13.9. The van der Waals surface area contributed by atoms with Crippen LogP contribution in [0.5, 0.6) is 5.75 Å². The minimum absolute atomic E-state index is 0.0717. The molecule has 0 N–H and O–H groups in total. The van der Waals surface area contributed by atoms with E-state index in [2.05, 4.69) is 9.88 Å². The van der Waals surface area contributed by atoms with E-state index < -0.39 is 34.5 Å². The molecule has 0 radical (unpaired) electrons. The molecule has 1 aromatic carbocycles. The van der Waals surface area contributed by atoms with Crippen molar-refractivity contribution in [1.29, 1.82) is 5.26 Å². The Morgan fingerprint density at radius 3 is 2.42 bits per heavy atom. The highest BCUT2D eigenvalue weighted by Gasteiger charge is 2.60. The second-order valence-electron chi connectivity index (χ2n) is 13.8. The van der Waals surface area contributed by atoms with Gasteiger partial charge in [0.15, 0.2) is 10.8 Å². The van der Waals surface area contributed by atoms with Gasteiger partial charge in [-0.1, -0.05) is 6.92 Å². The van der Waals surface area contributed by atoms with Crippen molar-refractivity contribution in [1.82, 2.24) is 9.88 Å². The summed E-state index contributed by atoms with van der Waals surface area (Å²) in [7, 11) is 0. The van der Waals surface area contributed by atoms with Crippen molar-refractivity contribution < 1.29 is 32.2 Å². The number of rotatable bonds is 9. The number of nitrogens with zero attached hydrogens (tertiary/aromatic N) is 5. The van der Waals surface area contributed by atoms with Crippen molar-refractivity contribution in [2.75, 3.05) is 29.5 Å². The molecule has 0 bridgehead atoms. The van der Waals surface area contributed by atoms with Gasteiger partial charge in [0.1, 0.15) is 29.0 Å². The molecule has 1 aromatic heterocycles. The fourth-order valence-corrected chi connectivity index (χ4v) is 7.18. The molecule has 13 heteroatoms. The standard InChI is InChI=1S/C35H42F3N5O4S/c1-6-24-18-25(8-9-29(24)46-17-12-23-10-15-41(16-11-23)22(2)30(44)47-33(3,4)5)43-32(48)42(31(45)34(43)13-7-14-34)26-19-27(35(36,37)38)28(20-39)40-21-26/h8-9,18-19,21-23H,6-7,10-17H2,1-5H3. The molecule has 1 unspecified atom stereocenters. The number of ether oxygens (including phenoxy) is 2. The van der Waals surface area contributed by atoms with Crippen molar-refractivity contribution in [3.63, 3.8) is 0 Å². The third kappa shape index (κ3) is 7.01. The van der Waals surface area contributed by atoms with Gasteiger partial charge in [0.2, 0.25) is 0 Å². The Morgan fingerprint density at radius 2 is 1.85 bits per heavy atom. The van der Waals surface area contributed by atoms with Crippen LogP contribution in [0.1, 0.15) is 90.0 Å². The zero-order chi connectivity index (χ0) is 35.0. The normalized spacial score (nSPS) is 19.3. The number of amides is 1. The number of carbonyl (C=O) groups excluding carboxylic acids is 2. The van der Waals surface area contributed by atoms with Crippen LogP contribution in [0.2, 0.25) is 0 Å². The molecule has 2 aromatic rings. The Morgan fingerprint density at radius 1 is 1.17 bits per heavy atom. The van der Waals surface area contributed by atoms with Gasteiger partial charge in [0.25, 0.3) is 5.91 Å². The van der Waals surface area contributed by atoms with Gasteiger partial charge in [-0.25, -0.2) is 4.98 Å². The molecule has 9 nitrogen and oxygen atoms in total. The molecule has 3 fully saturated rings.